The molecule has 6 nitrogen and oxygen atoms in total. The fourth-order valence-corrected chi connectivity index (χ4v) is 1.33. The van der Waals surface area contributed by atoms with Crippen LogP contribution in [0.3, 0.4) is 0 Å². The Labute approximate surface area is 93.2 Å². The maximum atomic E-state index is 10.9. The van der Waals surface area contributed by atoms with Gasteiger partial charge in [0.05, 0.1) is 7.11 Å². The highest BCUT2D eigenvalue weighted by Crippen LogP contribution is 2.38. The fourth-order valence-electron chi connectivity index (χ4n) is 1.33. The molecule has 1 fully saturated rings. The number of hydrogen-bond acceptors (Lipinski definition) is 6. The molecule has 1 heterocycles. The molecular weight excluding hydrogens is 208 g/mol. The van der Waals surface area contributed by atoms with Gasteiger partial charge in [-0.1, -0.05) is 0 Å². The highest BCUT2D eigenvalue weighted by molar-refractivity contribution is 5.74. The Morgan fingerprint density at radius 1 is 1.62 bits per heavy atom. The van der Waals surface area contributed by atoms with E-state index in [0.717, 1.165) is 18.7 Å². The summed E-state index contributed by atoms with van der Waals surface area (Å²) in [4.78, 5) is 19.4. The van der Waals surface area contributed by atoms with Crippen LogP contribution in [0.2, 0.25) is 0 Å². The van der Waals surface area contributed by atoms with E-state index < -0.39 is 0 Å². The summed E-state index contributed by atoms with van der Waals surface area (Å²) in [6.07, 6.45) is 2.22. The van der Waals surface area contributed by atoms with Crippen LogP contribution in [-0.2, 0) is 9.53 Å². The number of esters is 1. The number of carbonyl (C=O) groups excluding carboxylic acids is 1. The number of nitrogens with one attached hydrogen (secondary N) is 1. The lowest BCUT2D eigenvalue weighted by atomic mass is 10.4. The van der Waals surface area contributed by atoms with Gasteiger partial charge in [0, 0.05) is 12.0 Å². The standard InChI is InChI=1S/C10H14N4O2/c1-16-9(15)5-12-8-4-7(11)13-10(14-8)6-2-3-6/h4,6H,2-3,5H2,1H3,(H3,11,12,13,14). The summed E-state index contributed by atoms with van der Waals surface area (Å²) in [5.41, 5.74) is 5.66. The number of nitrogens with two attached hydrogens (primary N) is 1. The molecular formula is C10H14N4O2. The fraction of sp³-hybridized carbons (Fsp3) is 0.500. The molecule has 1 aromatic rings. The normalized spacial score (nSPS) is 14.6. The molecule has 6 heteroatoms. The number of carbonyl (C=O) groups is 1. The molecule has 16 heavy (non-hydrogen) atoms. The number of nitrogen functional groups attached to an aromatic ring is 1. The van der Waals surface area contributed by atoms with E-state index in [1.54, 1.807) is 6.07 Å². The monoisotopic (exact) mass is 222 g/mol. The zero-order valence-electron chi connectivity index (χ0n) is 9.06. The average molecular weight is 222 g/mol. The molecule has 3 N–H and O–H groups in total. The van der Waals surface area contributed by atoms with Crippen LogP contribution in [0.15, 0.2) is 6.07 Å². The molecule has 0 bridgehead atoms. The molecule has 1 aliphatic rings. The van der Waals surface area contributed by atoms with E-state index in [0.29, 0.717) is 17.6 Å². The maximum absolute atomic E-state index is 10.9. The number of methoxy groups -OCH3 is 1. The van der Waals surface area contributed by atoms with Crippen LogP contribution < -0.4 is 11.1 Å². The predicted octanol–water partition coefficient (Wildman–Crippen LogP) is 0.521. The topological polar surface area (TPSA) is 90.1 Å². The predicted molar refractivity (Wildman–Crippen MR) is 58.9 cm³/mol. The first-order chi connectivity index (χ1) is 7.69. The number of rotatable bonds is 4. The largest absolute Gasteiger partial charge is 0.468 e. The quantitative estimate of drug-likeness (QED) is 0.722. The van der Waals surface area contributed by atoms with Crippen molar-refractivity contribution in [2.45, 2.75) is 18.8 Å². The van der Waals surface area contributed by atoms with E-state index in [2.05, 4.69) is 20.0 Å². The first kappa shape index (κ1) is 10.7. The Balaban J connectivity index is 2.05. The van der Waals surface area contributed by atoms with Crippen molar-refractivity contribution in [1.29, 1.82) is 0 Å². The summed E-state index contributed by atoms with van der Waals surface area (Å²) in [5, 5.41) is 2.85. The minimum absolute atomic E-state index is 0.0804. The van der Waals surface area contributed by atoms with Crippen LogP contribution in [0.1, 0.15) is 24.6 Å². The van der Waals surface area contributed by atoms with Crippen LogP contribution in [0.5, 0.6) is 0 Å². The van der Waals surface area contributed by atoms with E-state index in [1.807, 2.05) is 0 Å². The number of aromatic nitrogens is 2. The lowest BCUT2D eigenvalue weighted by Gasteiger charge is -2.06. The van der Waals surface area contributed by atoms with Gasteiger partial charge in [-0.05, 0) is 12.8 Å². The minimum atomic E-state index is -0.342. The van der Waals surface area contributed by atoms with E-state index in [9.17, 15) is 4.79 Å². The minimum Gasteiger partial charge on any atom is -0.468 e. The van der Waals surface area contributed by atoms with Crippen molar-refractivity contribution < 1.29 is 9.53 Å². The average Bonchev–Trinajstić information content (AvgIpc) is 3.09. The molecule has 0 amide bonds. The Morgan fingerprint density at radius 3 is 3.00 bits per heavy atom. The Kier molecular flexibility index (Phi) is 2.89. The molecule has 1 saturated carbocycles. The van der Waals surface area contributed by atoms with Crippen LogP contribution in [0.25, 0.3) is 0 Å². The molecule has 0 radical (unpaired) electrons. The molecule has 0 spiro atoms. The second-order valence-electron chi connectivity index (χ2n) is 3.74. The summed E-state index contributed by atoms with van der Waals surface area (Å²) in [6, 6.07) is 1.61. The Bertz CT molecular complexity index is 404. The zero-order chi connectivity index (χ0) is 11.5. The van der Waals surface area contributed by atoms with E-state index in [4.69, 9.17) is 5.73 Å². The Morgan fingerprint density at radius 2 is 2.38 bits per heavy atom. The van der Waals surface area contributed by atoms with Crippen LogP contribution >= 0.6 is 0 Å². The van der Waals surface area contributed by atoms with Gasteiger partial charge in [0.1, 0.15) is 24.0 Å². The summed E-state index contributed by atoms with van der Waals surface area (Å²) < 4.78 is 4.52. The van der Waals surface area contributed by atoms with E-state index >= 15 is 0 Å². The summed E-state index contributed by atoms with van der Waals surface area (Å²) in [6.45, 7) is 0.0804. The van der Waals surface area contributed by atoms with Gasteiger partial charge in [-0.15, -0.1) is 0 Å². The van der Waals surface area contributed by atoms with Crippen molar-refractivity contribution in [3.8, 4) is 0 Å². The van der Waals surface area contributed by atoms with E-state index in [-0.39, 0.29) is 12.5 Å². The molecule has 1 aromatic heterocycles. The van der Waals surface area contributed by atoms with Crippen molar-refractivity contribution in [2.75, 3.05) is 24.7 Å². The molecule has 0 atom stereocenters. The van der Waals surface area contributed by atoms with Gasteiger partial charge in [0.25, 0.3) is 0 Å². The van der Waals surface area contributed by atoms with Gasteiger partial charge in [-0.3, -0.25) is 4.79 Å². The lowest BCUT2D eigenvalue weighted by Crippen LogP contribution is -2.16. The van der Waals surface area contributed by atoms with Gasteiger partial charge >= 0.3 is 5.97 Å². The number of nitrogens with zero attached hydrogens (tertiary/aromatic N) is 2. The lowest BCUT2D eigenvalue weighted by molar-refractivity contribution is -0.138. The summed E-state index contributed by atoms with van der Waals surface area (Å²) in [5.74, 6) is 1.84. The van der Waals surface area contributed by atoms with Crippen LogP contribution in [0.4, 0.5) is 11.6 Å². The van der Waals surface area contributed by atoms with Crippen molar-refractivity contribution >= 4 is 17.6 Å². The summed E-state index contributed by atoms with van der Waals surface area (Å²) >= 11 is 0. The highest BCUT2D eigenvalue weighted by atomic mass is 16.5. The van der Waals surface area contributed by atoms with Gasteiger partial charge in [0.2, 0.25) is 0 Å². The molecule has 2 rings (SSSR count). The van der Waals surface area contributed by atoms with Gasteiger partial charge in [-0.2, -0.15) is 0 Å². The SMILES string of the molecule is COC(=O)CNc1cc(N)nc(C2CC2)n1. The molecule has 1 aliphatic carbocycles. The first-order valence-electron chi connectivity index (χ1n) is 5.14. The van der Waals surface area contributed by atoms with E-state index in [1.165, 1.54) is 7.11 Å². The van der Waals surface area contributed by atoms with Gasteiger partial charge in [0.15, 0.2) is 0 Å². The molecule has 0 unspecified atom stereocenters. The first-order valence-corrected chi connectivity index (χ1v) is 5.14. The maximum Gasteiger partial charge on any atom is 0.325 e. The van der Waals surface area contributed by atoms with Crippen molar-refractivity contribution in [3.05, 3.63) is 11.9 Å². The van der Waals surface area contributed by atoms with Gasteiger partial charge < -0.3 is 15.8 Å². The third-order valence-electron chi connectivity index (χ3n) is 2.35. The molecule has 86 valence electrons. The number of hydrogen-bond donors (Lipinski definition) is 2. The zero-order valence-corrected chi connectivity index (χ0v) is 9.06. The number of ether oxygens (including phenoxy) is 1. The highest BCUT2D eigenvalue weighted by Gasteiger charge is 2.27. The summed E-state index contributed by atoms with van der Waals surface area (Å²) in [7, 11) is 1.34. The third-order valence-corrected chi connectivity index (χ3v) is 2.35. The molecule has 0 aromatic carbocycles. The van der Waals surface area contributed by atoms with Crippen molar-refractivity contribution in [2.24, 2.45) is 0 Å². The smallest absolute Gasteiger partial charge is 0.325 e. The van der Waals surface area contributed by atoms with Crippen molar-refractivity contribution in [1.82, 2.24) is 9.97 Å². The molecule has 0 saturated heterocycles. The Hall–Kier alpha value is -1.85. The molecule has 0 aliphatic heterocycles. The number of anilines is 2. The van der Waals surface area contributed by atoms with Gasteiger partial charge in [-0.25, -0.2) is 9.97 Å². The van der Waals surface area contributed by atoms with Crippen molar-refractivity contribution in [3.63, 3.8) is 0 Å². The third kappa shape index (κ3) is 2.59. The van der Waals surface area contributed by atoms with Crippen LogP contribution in [-0.4, -0.2) is 29.6 Å². The second-order valence-corrected chi connectivity index (χ2v) is 3.74. The second kappa shape index (κ2) is 4.34. The van der Waals surface area contributed by atoms with Crippen LogP contribution in [0, 0.1) is 0 Å².